The highest BCUT2D eigenvalue weighted by Gasteiger charge is 2.12. The van der Waals surface area contributed by atoms with Crippen molar-refractivity contribution >= 4 is 15.7 Å². The van der Waals surface area contributed by atoms with E-state index in [2.05, 4.69) is 10.3 Å². The lowest BCUT2D eigenvalue weighted by Crippen LogP contribution is -2.13. The minimum Gasteiger partial charge on any atom is -0.473 e. The zero-order valence-corrected chi connectivity index (χ0v) is 15.7. The van der Waals surface area contributed by atoms with Gasteiger partial charge in [0.25, 0.3) is 0 Å². The number of primary sulfonamides is 1. The average molecular weight is 394 g/mol. The van der Waals surface area contributed by atoms with E-state index in [-0.39, 0.29) is 10.5 Å². The van der Waals surface area contributed by atoms with Crippen LogP contribution in [0.4, 0.5) is 5.69 Å². The predicted molar refractivity (Wildman–Crippen MR) is 105 cm³/mol. The molecule has 0 spiro atoms. The standard InChI is InChI=1S/C20H18N4O3S/c21-12-17-11-18(28(22,25)26)8-9-19(17)24-13-16-7-4-10-23-20(16)27-14-15-5-2-1-3-6-15/h1-11,24H,13-14H2,(H2,22,25,26). The highest BCUT2D eigenvalue weighted by Crippen LogP contribution is 2.22. The van der Waals surface area contributed by atoms with E-state index in [0.29, 0.717) is 24.7 Å². The summed E-state index contributed by atoms with van der Waals surface area (Å²) in [5.41, 5.74) is 2.50. The molecule has 0 fully saturated rings. The van der Waals surface area contributed by atoms with Gasteiger partial charge in [0.15, 0.2) is 0 Å². The molecule has 3 aromatic rings. The summed E-state index contributed by atoms with van der Waals surface area (Å²) in [5.74, 6) is 0.485. The van der Waals surface area contributed by atoms with Crippen molar-refractivity contribution < 1.29 is 13.2 Å². The lowest BCUT2D eigenvalue weighted by molar-refractivity contribution is 0.291. The average Bonchev–Trinajstić information content (AvgIpc) is 2.71. The van der Waals surface area contributed by atoms with Crippen LogP contribution in [0.1, 0.15) is 16.7 Å². The van der Waals surface area contributed by atoms with Gasteiger partial charge >= 0.3 is 0 Å². The number of benzene rings is 2. The molecule has 0 unspecified atom stereocenters. The van der Waals surface area contributed by atoms with Crippen molar-refractivity contribution in [3.63, 3.8) is 0 Å². The quantitative estimate of drug-likeness (QED) is 0.636. The van der Waals surface area contributed by atoms with Crippen LogP contribution in [-0.2, 0) is 23.2 Å². The number of hydrogen-bond donors (Lipinski definition) is 2. The number of hydrogen-bond acceptors (Lipinski definition) is 6. The molecule has 142 valence electrons. The van der Waals surface area contributed by atoms with Crippen LogP contribution in [0.25, 0.3) is 0 Å². The summed E-state index contributed by atoms with van der Waals surface area (Å²) in [6, 6.07) is 19.5. The van der Waals surface area contributed by atoms with Gasteiger partial charge in [-0.2, -0.15) is 5.26 Å². The third kappa shape index (κ3) is 4.85. The van der Waals surface area contributed by atoms with E-state index < -0.39 is 10.0 Å². The normalized spacial score (nSPS) is 10.9. The molecule has 0 aliphatic heterocycles. The van der Waals surface area contributed by atoms with Gasteiger partial charge in [-0.25, -0.2) is 18.5 Å². The summed E-state index contributed by atoms with van der Waals surface area (Å²) in [4.78, 5) is 4.16. The maximum Gasteiger partial charge on any atom is 0.238 e. The van der Waals surface area contributed by atoms with E-state index in [1.54, 1.807) is 12.3 Å². The van der Waals surface area contributed by atoms with Gasteiger partial charge in [0.2, 0.25) is 15.9 Å². The molecule has 8 heteroatoms. The molecule has 7 nitrogen and oxygen atoms in total. The summed E-state index contributed by atoms with van der Waals surface area (Å²) in [6.45, 7) is 0.735. The number of pyridine rings is 1. The van der Waals surface area contributed by atoms with Gasteiger partial charge in [-0.3, -0.25) is 0 Å². The van der Waals surface area contributed by atoms with Crippen LogP contribution in [-0.4, -0.2) is 13.4 Å². The van der Waals surface area contributed by atoms with Gasteiger partial charge in [0, 0.05) is 18.3 Å². The Morgan fingerprint density at radius 1 is 1.11 bits per heavy atom. The van der Waals surface area contributed by atoms with Crippen molar-refractivity contribution in [3.05, 3.63) is 83.6 Å². The Hall–Kier alpha value is -3.41. The molecule has 0 saturated heterocycles. The monoisotopic (exact) mass is 394 g/mol. The lowest BCUT2D eigenvalue weighted by Gasteiger charge is -2.13. The van der Waals surface area contributed by atoms with E-state index in [0.717, 1.165) is 11.1 Å². The molecule has 1 aromatic heterocycles. The van der Waals surface area contributed by atoms with Crippen LogP contribution in [0.2, 0.25) is 0 Å². The largest absolute Gasteiger partial charge is 0.473 e. The fraction of sp³-hybridized carbons (Fsp3) is 0.100. The molecule has 0 aliphatic carbocycles. The fourth-order valence-corrected chi connectivity index (χ4v) is 3.09. The Labute approximate surface area is 163 Å². The van der Waals surface area contributed by atoms with Gasteiger partial charge in [-0.1, -0.05) is 36.4 Å². The molecule has 28 heavy (non-hydrogen) atoms. The molecule has 3 rings (SSSR count). The second-order valence-electron chi connectivity index (χ2n) is 5.96. The zero-order chi connectivity index (χ0) is 20.0. The third-order valence-electron chi connectivity index (χ3n) is 3.98. The molecule has 3 N–H and O–H groups in total. The highest BCUT2D eigenvalue weighted by atomic mass is 32.2. The Balaban J connectivity index is 1.74. The molecule has 1 heterocycles. The predicted octanol–water partition coefficient (Wildman–Crippen LogP) is 2.79. The molecular weight excluding hydrogens is 376 g/mol. The highest BCUT2D eigenvalue weighted by molar-refractivity contribution is 7.89. The van der Waals surface area contributed by atoms with E-state index in [1.807, 2.05) is 42.5 Å². The summed E-state index contributed by atoms with van der Waals surface area (Å²) >= 11 is 0. The number of nitrogens with zero attached hydrogens (tertiary/aromatic N) is 2. The number of nitrogens with two attached hydrogens (primary N) is 1. The van der Waals surface area contributed by atoms with Crippen LogP contribution in [0.3, 0.4) is 0 Å². The molecule has 2 aromatic carbocycles. The molecule has 0 radical (unpaired) electrons. The van der Waals surface area contributed by atoms with Crippen molar-refractivity contribution in [2.24, 2.45) is 5.14 Å². The summed E-state index contributed by atoms with van der Waals surface area (Å²) in [7, 11) is -3.87. The smallest absolute Gasteiger partial charge is 0.238 e. The van der Waals surface area contributed by atoms with Gasteiger partial charge < -0.3 is 10.1 Å². The van der Waals surface area contributed by atoms with Gasteiger partial charge in [0.1, 0.15) is 12.7 Å². The van der Waals surface area contributed by atoms with E-state index in [4.69, 9.17) is 9.88 Å². The second kappa shape index (κ2) is 8.52. The number of anilines is 1. The first-order valence-electron chi connectivity index (χ1n) is 8.39. The second-order valence-corrected chi connectivity index (χ2v) is 7.52. The van der Waals surface area contributed by atoms with Crippen LogP contribution >= 0.6 is 0 Å². The molecule has 0 aliphatic rings. The number of sulfonamides is 1. The zero-order valence-electron chi connectivity index (χ0n) is 14.9. The SMILES string of the molecule is N#Cc1cc(S(N)(=O)=O)ccc1NCc1cccnc1OCc1ccccc1. The van der Waals surface area contributed by atoms with Crippen LogP contribution < -0.4 is 15.2 Å². The summed E-state index contributed by atoms with van der Waals surface area (Å²) < 4.78 is 28.7. The Kier molecular flexibility index (Phi) is 5.89. The Bertz CT molecular complexity index is 1110. The summed E-state index contributed by atoms with van der Waals surface area (Å²) in [6.07, 6.45) is 1.64. The van der Waals surface area contributed by atoms with Gasteiger partial charge in [-0.05, 0) is 29.8 Å². The first-order valence-corrected chi connectivity index (χ1v) is 9.93. The van der Waals surface area contributed by atoms with Crippen molar-refractivity contribution in [2.75, 3.05) is 5.32 Å². The van der Waals surface area contributed by atoms with E-state index in [1.165, 1.54) is 18.2 Å². The first kappa shape index (κ1) is 19.4. The van der Waals surface area contributed by atoms with Gasteiger partial charge in [0.05, 0.1) is 16.1 Å². The van der Waals surface area contributed by atoms with Crippen molar-refractivity contribution in [1.82, 2.24) is 4.98 Å². The van der Waals surface area contributed by atoms with Crippen LogP contribution in [0, 0.1) is 11.3 Å². The number of ether oxygens (including phenoxy) is 1. The number of rotatable bonds is 7. The summed E-state index contributed by atoms with van der Waals surface area (Å²) in [5, 5.41) is 17.5. The molecule has 0 saturated carbocycles. The number of nitrogens with one attached hydrogen (secondary N) is 1. The lowest BCUT2D eigenvalue weighted by atomic mass is 10.2. The third-order valence-corrected chi connectivity index (χ3v) is 4.89. The van der Waals surface area contributed by atoms with Crippen molar-refractivity contribution in [1.29, 1.82) is 5.26 Å². The maximum atomic E-state index is 11.4. The van der Waals surface area contributed by atoms with E-state index >= 15 is 0 Å². The fourth-order valence-electron chi connectivity index (χ4n) is 2.55. The van der Waals surface area contributed by atoms with Crippen molar-refractivity contribution in [3.8, 4) is 11.9 Å². The number of aromatic nitrogens is 1. The molecular formula is C20H18N4O3S. The van der Waals surface area contributed by atoms with Crippen molar-refractivity contribution in [2.45, 2.75) is 18.0 Å². The topological polar surface area (TPSA) is 118 Å². The van der Waals surface area contributed by atoms with Gasteiger partial charge in [-0.15, -0.1) is 0 Å². The van der Waals surface area contributed by atoms with Crippen LogP contribution in [0.15, 0.2) is 71.8 Å². The maximum absolute atomic E-state index is 11.4. The first-order chi connectivity index (χ1) is 13.5. The minimum atomic E-state index is -3.87. The van der Waals surface area contributed by atoms with E-state index in [9.17, 15) is 13.7 Å². The number of nitriles is 1. The minimum absolute atomic E-state index is 0.108. The Morgan fingerprint density at radius 2 is 1.89 bits per heavy atom. The molecule has 0 atom stereocenters. The van der Waals surface area contributed by atoms with Crippen LogP contribution in [0.5, 0.6) is 5.88 Å². The molecule has 0 amide bonds. The Morgan fingerprint density at radius 3 is 2.61 bits per heavy atom. The molecule has 0 bridgehead atoms.